The van der Waals surface area contributed by atoms with Gasteiger partial charge in [-0.05, 0) is 54.2 Å². The highest BCUT2D eigenvalue weighted by molar-refractivity contribution is 5.79. The van der Waals surface area contributed by atoms with E-state index in [9.17, 15) is 9.59 Å². The monoisotopic (exact) mass is 355 g/mol. The standard InChI is InChI=1S/C21H25NO4/c1-20(2)14-8-9-21(20,3)17(10-14)22-18(23)12-25-15-6-4-13-5-7-19(24)26-16(13)11-15/h4-7,11,14,17H,8-10,12H2,1-3H3,(H,22,23). The molecule has 3 atom stereocenters. The number of carbonyl (C=O) groups excluding carboxylic acids is 1. The van der Waals surface area contributed by atoms with Crippen molar-refractivity contribution in [3.8, 4) is 5.75 Å². The molecule has 26 heavy (non-hydrogen) atoms. The van der Waals surface area contributed by atoms with Crippen molar-refractivity contribution in [1.29, 1.82) is 0 Å². The summed E-state index contributed by atoms with van der Waals surface area (Å²) in [7, 11) is 0. The summed E-state index contributed by atoms with van der Waals surface area (Å²) in [6.07, 6.45) is 3.48. The summed E-state index contributed by atoms with van der Waals surface area (Å²) in [5.41, 5.74) is 0.471. The predicted octanol–water partition coefficient (Wildman–Crippen LogP) is 3.50. The minimum absolute atomic E-state index is 0.0414. The summed E-state index contributed by atoms with van der Waals surface area (Å²) < 4.78 is 10.8. The Morgan fingerprint density at radius 1 is 1.27 bits per heavy atom. The van der Waals surface area contributed by atoms with Gasteiger partial charge in [0, 0.05) is 23.6 Å². The van der Waals surface area contributed by atoms with Crippen molar-refractivity contribution >= 4 is 16.9 Å². The second-order valence-electron chi connectivity index (χ2n) is 8.47. The Hall–Kier alpha value is -2.30. The van der Waals surface area contributed by atoms with E-state index in [-0.39, 0.29) is 29.4 Å². The molecular formula is C21H25NO4. The first kappa shape index (κ1) is 17.1. The first-order valence-electron chi connectivity index (χ1n) is 9.26. The smallest absolute Gasteiger partial charge is 0.336 e. The molecule has 0 spiro atoms. The van der Waals surface area contributed by atoms with E-state index in [1.54, 1.807) is 18.2 Å². The molecular weight excluding hydrogens is 330 g/mol. The van der Waals surface area contributed by atoms with Gasteiger partial charge in [-0.15, -0.1) is 0 Å². The molecule has 5 nitrogen and oxygen atoms in total. The van der Waals surface area contributed by atoms with Crippen molar-refractivity contribution in [2.45, 2.75) is 46.1 Å². The molecule has 0 aliphatic heterocycles. The number of nitrogens with one attached hydrogen (secondary N) is 1. The van der Waals surface area contributed by atoms with E-state index >= 15 is 0 Å². The quantitative estimate of drug-likeness (QED) is 0.852. The van der Waals surface area contributed by atoms with Crippen molar-refractivity contribution in [2.24, 2.45) is 16.7 Å². The highest BCUT2D eigenvalue weighted by Gasteiger charge is 2.61. The molecule has 1 aromatic carbocycles. The van der Waals surface area contributed by atoms with Gasteiger partial charge in [0.15, 0.2) is 6.61 Å². The summed E-state index contributed by atoms with van der Waals surface area (Å²) in [6, 6.07) is 8.53. The fourth-order valence-electron chi connectivity index (χ4n) is 4.94. The Bertz CT molecular complexity index is 916. The van der Waals surface area contributed by atoms with Crippen LogP contribution in [0.1, 0.15) is 40.0 Å². The van der Waals surface area contributed by atoms with E-state index in [0.717, 1.165) is 11.8 Å². The number of hydrogen-bond donors (Lipinski definition) is 1. The van der Waals surface area contributed by atoms with Crippen LogP contribution in [0.15, 0.2) is 39.5 Å². The molecule has 2 aliphatic carbocycles. The molecule has 2 bridgehead atoms. The Morgan fingerprint density at radius 3 is 2.73 bits per heavy atom. The number of benzene rings is 1. The van der Waals surface area contributed by atoms with Gasteiger partial charge in [0.2, 0.25) is 0 Å². The van der Waals surface area contributed by atoms with Gasteiger partial charge in [-0.3, -0.25) is 4.79 Å². The number of carbonyl (C=O) groups is 1. The molecule has 1 heterocycles. The molecule has 1 amide bonds. The zero-order valence-electron chi connectivity index (χ0n) is 15.5. The third-order valence-corrected chi connectivity index (χ3v) is 7.09. The van der Waals surface area contributed by atoms with Crippen LogP contribution in [0.5, 0.6) is 5.75 Å². The average molecular weight is 355 g/mol. The Labute approximate surface area is 152 Å². The fraction of sp³-hybridized carbons (Fsp3) is 0.524. The average Bonchev–Trinajstić information content (AvgIpc) is 2.93. The lowest BCUT2D eigenvalue weighted by molar-refractivity contribution is -0.124. The molecule has 2 fully saturated rings. The molecule has 0 saturated heterocycles. The van der Waals surface area contributed by atoms with Gasteiger partial charge in [0.25, 0.3) is 5.91 Å². The van der Waals surface area contributed by atoms with E-state index < -0.39 is 5.63 Å². The van der Waals surface area contributed by atoms with Crippen LogP contribution in [0, 0.1) is 16.7 Å². The van der Waals surface area contributed by atoms with E-state index in [1.807, 2.05) is 6.07 Å². The summed E-state index contributed by atoms with van der Waals surface area (Å²) in [5, 5.41) is 4.00. The van der Waals surface area contributed by atoms with E-state index in [2.05, 4.69) is 26.1 Å². The first-order valence-corrected chi connectivity index (χ1v) is 9.26. The topological polar surface area (TPSA) is 68.5 Å². The summed E-state index contributed by atoms with van der Waals surface area (Å²) in [6.45, 7) is 6.92. The predicted molar refractivity (Wildman–Crippen MR) is 99.1 cm³/mol. The van der Waals surface area contributed by atoms with Crippen LogP contribution in [0.25, 0.3) is 11.0 Å². The maximum atomic E-state index is 12.4. The third kappa shape index (κ3) is 2.61. The number of amides is 1. The maximum Gasteiger partial charge on any atom is 0.336 e. The fourth-order valence-corrected chi connectivity index (χ4v) is 4.94. The summed E-state index contributed by atoms with van der Waals surface area (Å²) in [5.74, 6) is 1.10. The van der Waals surface area contributed by atoms with Gasteiger partial charge in [-0.2, -0.15) is 0 Å². The molecule has 138 valence electrons. The summed E-state index contributed by atoms with van der Waals surface area (Å²) >= 11 is 0. The molecule has 3 unspecified atom stereocenters. The highest BCUT2D eigenvalue weighted by Crippen LogP contribution is 2.65. The van der Waals surface area contributed by atoms with Crippen LogP contribution in [0.4, 0.5) is 0 Å². The first-order chi connectivity index (χ1) is 12.3. The maximum absolute atomic E-state index is 12.4. The molecule has 0 radical (unpaired) electrons. The number of hydrogen-bond acceptors (Lipinski definition) is 4. The van der Waals surface area contributed by atoms with E-state index in [4.69, 9.17) is 9.15 Å². The number of ether oxygens (including phenoxy) is 1. The van der Waals surface area contributed by atoms with Gasteiger partial charge in [0.05, 0.1) is 0 Å². The van der Waals surface area contributed by atoms with Crippen molar-refractivity contribution in [3.05, 3.63) is 40.8 Å². The molecule has 2 aliphatic rings. The van der Waals surface area contributed by atoms with Crippen molar-refractivity contribution < 1.29 is 13.9 Å². The van der Waals surface area contributed by atoms with Crippen LogP contribution in [0.3, 0.4) is 0 Å². The number of rotatable bonds is 4. The third-order valence-electron chi connectivity index (χ3n) is 7.09. The van der Waals surface area contributed by atoms with Crippen molar-refractivity contribution in [3.63, 3.8) is 0 Å². The second-order valence-corrected chi connectivity index (χ2v) is 8.47. The molecule has 4 rings (SSSR count). The molecule has 1 aromatic heterocycles. The zero-order valence-corrected chi connectivity index (χ0v) is 15.5. The minimum Gasteiger partial charge on any atom is -0.484 e. The lowest BCUT2D eigenvalue weighted by Gasteiger charge is -2.39. The zero-order chi connectivity index (χ0) is 18.5. The van der Waals surface area contributed by atoms with Gasteiger partial charge < -0.3 is 14.5 Å². The van der Waals surface area contributed by atoms with Crippen LogP contribution >= 0.6 is 0 Å². The molecule has 1 N–H and O–H groups in total. The van der Waals surface area contributed by atoms with Gasteiger partial charge in [-0.1, -0.05) is 20.8 Å². The Kier molecular flexibility index (Phi) is 3.86. The molecule has 2 saturated carbocycles. The molecule has 2 aromatic rings. The largest absolute Gasteiger partial charge is 0.484 e. The Balaban J connectivity index is 1.40. The van der Waals surface area contributed by atoms with Gasteiger partial charge in [0.1, 0.15) is 11.3 Å². The SMILES string of the molecule is CC1(C)C2CCC1(C)C(NC(=O)COc1ccc3ccc(=O)oc3c1)C2. The van der Waals surface area contributed by atoms with Gasteiger partial charge >= 0.3 is 5.63 Å². The molecule has 5 heteroatoms. The van der Waals surface area contributed by atoms with E-state index in [0.29, 0.717) is 17.3 Å². The van der Waals surface area contributed by atoms with Gasteiger partial charge in [-0.25, -0.2) is 4.79 Å². The van der Waals surface area contributed by atoms with E-state index in [1.165, 1.54) is 18.9 Å². The number of fused-ring (bicyclic) bond motifs is 3. The second kappa shape index (κ2) is 5.86. The van der Waals surface area contributed by atoms with Crippen molar-refractivity contribution in [1.82, 2.24) is 5.32 Å². The van der Waals surface area contributed by atoms with Crippen molar-refractivity contribution in [2.75, 3.05) is 6.61 Å². The summed E-state index contributed by atoms with van der Waals surface area (Å²) in [4.78, 5) is 23.7. The van der Waals surface area contributed by atoms with Crippen LogP contribution in [-0.2, 0) is 4.79 Å². The van der Waals surface area contributed by atoms with Crippen LogP contribution < -0.4 is 15.7 Å². The Morgan fingerprint density at radius 2 is 2.04 bits per heavy atom. The normalized spacial score (nSPS) is 29.0. The highest BCUT2D eigenvalue weighted by atomic mass is 16.5. The minimum atomic E-state index is -0.403. The lowest BCUT2D eigenvalue weighted by atomic mass is 9.69. The van der Waals surface area contributed by atoms with Crippen LogP contribution in [0.2, 0.25) is 0 Å². The lowest BCUT2D eigenvalue weighted by Crippen LogP contribution is -2.48. The van der Waals surface area contributed by atoms with Crippen LogP contribution in [-0.4, -0.2) is 18.6 Å².